The summed E-state index contributed by atoms with van der Waals surface area (Å²) < 4.78 is 13.1. The highest BCUT2D eigenvalue weighted by Gasteiger charge is 2.14. The number of carbonyl (C=O) groups is 1. The summed E-state index contributed by atoms with van der Waals surface area (Å²) in [6.45, 7) is 3.71. The minimum atomic E-state index is -0.300. The van der Waals surface area contributed by atoms with Crippen LogP contribution >= 0.6 is 0 Å². The van der Waals surface area contributed by atoms with Crippen molar-refractivity contribution < 1.29 is 9.18 Å². The molecule has 0 fully saturated rings. The van der Waals surface area contributed by atoms with E-state index in [0.717, 1.165) is 32.5 Å². The zero-order valence-corrected chi connectivity index (χ0v) is 13.8. The fourth-order valence-corrected chi connectivity index (χ4v) is 3.17. The fourth-order valence-electron chi connectivity index (χ4n) is 3.17. The molecule has 0 aliphatic carbocycles. The van der Waals surface area contributed by atoms with Crippen LogP contribution in [-0.2, 0) is 24.2 Å². The third kappa shape index (κ3) is 4.65. The minimum Gasteiger partial charge on any atom is -0.356 e. The third-order valence-corrected chi connectivity index (χ3v) is 4.44. The van der Waals surface area contributed by atoms with Crippen molar-refractivity contribution in [2.75, 3.05) is 19.6 Å². The van der Waals surface area contributed by atoms with Crippen molar-refractivity contribution in [3.05, 3.63) is 71.0 Å². The van der Waals surface area contributed by atoms with Gasteiger partial charge in [0.25, 0.3) is 0 Å². The number of fused-ring (bicyclic) bond motifs is 1. The smallest absolute Gasteiger partial charge is 0.224 e. The van der Waals surface area contributed by atoms with E-state index in [4.69, 9.17) is 0 Å². The fraction of sp³-hybridized carbons (Fsp3) is 0.350. The Labute approximate surface area is 142 Å². The van der Waals surface area contributed by atoms with E-state index in [1.807, 2.05) is 0 Å². The first kappa shape index (κ1) is 16.7. The van der Waals surface area contributed by atoms with Crippen LogP contribution in [0.25, 0.3) is 0 Å². The summed E-state index contributed by atoms with van der Waals surface area (Å²) in [4.78, 5) is 14.3. The van der Waals surface area contributed by atoms with Crippen molar-refractivity contribution in [3.8, 4) is 0 Å². The lowest BCUT2D eigenvalue weighted by atomic mass is 10.00. The van der Waals surface area contributed by atoms with Gasteiger partial charge in [0, 0.05) is 26.2 Å². The van der Waals surface area contributed by atoms with Gasteiger partial charge in [0.1, 0.15) is 5.82 Å². The van der Waals surface area contributed by atoms with Gasteiger partial charge in [-0.3, -0.25) is 9.69 Å². The number of rotatable bonds is 6. The summed E-state index contributed by atoms with van der Waals surface area (Å²) in [7, 11) is 0. The summed E-state index contributed by atoms with van der Waals surface area (Å²) in [6, 6.07) is 14.8. The van der Waals surface area contributed by atoms with Gasteiger partial charge in [0.05, 0.1) is 6.42 Å². The second-order valence-corrected chi connectivity index (χ2v) is 6.31. The Morgan fingerprint density at radius 2 is 1.96 bits per heavy atom. The molecule has 0 saturated heterocycles. The van der Waals surface area contributed by atoms with Crippen molar-refractivity contribution in [3.63, 3.8) is 0 Å². The molecule has 4 heteroatoms. The van der Waals surface area contributed by atoms with Crippen LogP contribution in [0, 0.1) is 5.82 Å². The number of amides is 1. The molecule has 0 spiro atoms. The SMILES string of the molecule is O=C(Cc1cccc(F)c1)NCCCN1CCc2ccccc2C1. The van der Waals surface area contributed by atoms with Crippen LogP contribution < -0.4 is 5.32 Å². The highest BCUT2D eigenvalue weighted by Crippen LogP contribution is 2.18. The molecule has 2 aromatic carbocycles. The zero-order chi connectivity index (χ0) is 16.8. The Bertz CT molecular complexity index is 702. The number of carbonyl (C=O) groups excluding carboxylic acids is 1. The maximum atomic E-state index is 13.1. The van der Waals surface area contributed by atoms with Crippen LogP contribution in [0.1, 0.15) is 23.1 Å². The van der Waals surface area contributed by atoms with Crippen molar-refractivity contribution in [1.29, 1.82) is 0 Å². The Balaban J connectivity index is 1.36. The van der Waals surface area contributed by atoms with Crippen LogP contribution in [0.15, 0.2) is 48.5 Å². The molecule has 0 bridgehead atoms. The molecule has 1 N–H and O–H groups in total. The quantitative estimate of drug-likeness (QED) is 0.828. The first-order chi connectivity index (χ1) is 11.7. The Kier molecular flexibility index (Phi) is 5.59. The van der Waals surface area contributed by atoms with Gasteiger partial charge >= 0.3 is 0 Å². The van der Waals surface area contributed by atoms with Gasteiger partial charge in [-0.15, -0.1) is 0 Å². The molecule has 0 unspecified atom stereocenters. The molecule has 24 heavy (non-hydrogen) atoms. The third-order valence-electron chi connectivity index (χ3n) is 4.44. The molecular formula is C20H23FN2O. The molecule has 0 atom stereocenters. The second-order valence-electron chi connectivity index (χ2n) is 6.31. The number of nitrogens with zero attached hydrogens (tertiary/aromatic N) is 1. The highest BCUT2D eigenvalue weighted by atomic mass is 19.1. The van der Waals surface area contributed by atoms with E-state index >= 15 is 0 Å². The molecule has 0 saturated carbocycles. The first-order valence-electron chi connectivity index (χ1n) is 8.51. The normalized spacial score (nSPS) is 14.2. The molecule has 1 heterocycles. The molecule has 1 aliphatic heterocycles. The summed E-state index contributed by atoms with van der Waals surface area (Å²) in [5.41, 5.74) is 3.58. The van der Waals surface area contributed by atoms with Crippen LogP contribution in [0.2, 0.25) is 0 Å². The molecule has 3 nitrogen and oxygen atoms in total. The van der Waals surface area contributed by atoms with Gasteiger partial charge in [-0.25, -0.2) is 4.39 Å². The van der Waals surface area contributed by atoms with Gasteiger partial charge in [0.2, 0.25) is 5.91 Å². The standard InChI is InChI=1S/C20H23FN2O/c21-19-8-3-5-16(13-19)14-20(24)22-10-4-11-23-12-9-17-6-1-2-7-18(17)15-23/h1-3,5-8,13H,4,9-12,14-15H2,(H,22,24). The van der Waals surface area contributed by atoms with Crippen LogP contribution in [0.3, 0.4) is 0 Å². The van der Waals surface area contributed by atoms with E-state index in [9.17, 15) is 9.18 Å². The van der Waals surface area contributed by atoms with Crippen molar-refractivity contribution in [2.45, 2.75) is 25.8 Å². The molecule has 0 radical (unpaired) electrons. The van der Waals surface area contributed by atoms with Gasteiger partial charge in [-0.05, 0) is 41.7 Å². The summed E-state index contributed by atoms with van der Waals surface area (Å²) in [5, 5.41) is 2.92. The second kappa shape index (κ2) is 8.06. The molecule has 3 rings (SSSR count). The first-order valence-corrected chi connectivity index (χ1v) is 8.51. The van der Waals surface area contributed by atoms with Crippen molar-refractivity contribution >= 4 is 5.91 Å². The molecule has 1 amide bonds. The van der Waals surface area contributed by atoms with E-state index in [1.165, 1.54) is 23.3 Å². The Morgan fingerprint density at radius 3 is 2.79 bits per heavy atom. The molecular weight excluding hydrogens is 303 g/mol. The molecule has 2 aromatic rings. The van der Waals surface area contributed by atoms with Gasteiger partial charge < -0.3 is 5.32 Å². The topological polar surface area (TPSA) is 32.3 Å². The summed E-state index contributed by atoms with van der Waals surface area (Å²) in [5.74, 6) is -0.352. The van der Waals surface area contributed by atoms with Gasteiger partial charge in [-0.1, -0.05) is 36.4 Å². The lowest BCUT2D eigenvalue weighted by molar-refractivity contribution is -0.120. The number of nitrogens with one attached hydrogen (secondary N) is 1. The van der Waals surface area contributed by atoms with Crippen LogP contribution in [0.5, 0.6) is 0 Å². The predicted molar refractivity (Wildman–Crippen MR) is 93.2 cm³/mol. The van der Waals surface area contributed by atoms with Crippen LogP contribution in [0.4, 0.5) is 4.39 Å². The van der Waals surface area contributed by atoms with Crippen molar-refractivity contribution in [2.24, 2.45) is 0 Å². The summed E-state index contributed by atoms with van der Waals surface area (Å²) >= 11 is 0. The largest absolute Gasteiger partial charge is 0.356 e. The van der Waals surface area contributed by atoms with E-state index in [-0.39, 0.29) is 18.1 Å². The van der Waals surface area contributed by atoms with Gasteiger partial charge in [-0.2, -0.15) is 0 Å². The molecule has 0 aromatic heterocycles. The van der Waals surface area contributed by atoms with E-state index in [2.05, 4.69) is 34.5 Å². The Morgan fingerprint density at radius 1 is 1.12 bits per heavy atom. The number of halogens is 1. The maximum Gasteiger partial charge on any atom is 0.224 e. The average molecular weight is 326 g/mol. The number of hydrogen-bond donors (Lipinski definition) is 1. The highest BCUT2D eigenvalue weighted by molar-refractivity contribution is 5.78. The molecule has 1 aliphatic rings. The lowest BCUT2D eigenvalue weighted by Gasteiger charge is -2.28. The van der Waals surface area contributed by atoms with Crippen molar-refractivity contribution in [1.82, 2.24) is 10.2 Å². The minimum absolute atomic E-state index is 0.0513. The predicted octanol–water partition coefficient (Wildman–Crippen LogP) is 2.93. The average Bonchev–Trinajstić information content (AvgIpc) is 2.58. The number of benzene rings is 2. The van der Waals surface area contributed by atoms with E-state index < -0.39 is 0 Å². The Hall–Kier alpha value is -2.20. The van der Waals surface area contributed by atoms with Crippen LogP contribution in [-0.4, -0.2) is 30.4 Å². The lowest BCUT2D eigenvalue weighted by Crippen LogP contribution is -2.34. The maximum absolute atomic E-state index is 13.1. The van der Waals surface area contributed by atoms with E-state index in [0.29, 0.717) is 12.1 Å². The van der Waals surface area contributed by atoms with E-state index in [1.54, 1.807) is 12.1 Å². The van der Waals surface area contributed by atoms with Gasteiger partial charge in [0.15, 0.2) is 0 Å². The number of hydrogen-bond acceptors (Lipinski definition) is 2. The zero-order valence-electron chi connectivity index (χ0n) is 13.8. The summed E-state index contributed by atoms with van der Waals surface area (Å²) in [6.07, 6.45) is 2.26. The monoisotopic (exact) mass is 326 g/mol. The molecule has 126 valence electrons.